The Morgan fingerprint density at radius 1 is 1.11 bits per heavy atom. The molecule has 1 saturated heterocycles. The van der Waals surface area contributed by atoms with Crippen LogP contribution in [0.15, 0.2) is 0 Å². The second-order valence-electron chi connectivity index (χ2n) is 6.21. The summed E-state index contributed by atoms with van der Waals surface area (Å²) in [5.74, 6) is 0. The van der Waals surface area contributed by atoms with Gasteiger partial charge in [0.1, 0.15) is 0 Å². The summed E-state index contributed by atoms with van der Waals surface area (Å²) in [5, 5.41) is 12.6. The first kappa shape index (κ1) is 16.9. The number of rotatable bonds is 8. The highest BCUT2D eigenvalue weighted by atomic mass is 16.3. The molecule has 0 aromatic rings. The molecule has 0 aliphatic carbocycles. The molecular formula is C14H32N4O. The van der Waals surface area contributed by atoms with E-state index in [0.717, 1.165) is 32.6 Å². The maximum atomic E-state index is 9.38. The zero-order chi connectivity index (χ0) is 14.3. The second kappa shape index (κ2) is 8.17. The quantitative estimate of drug-likeness (QED) is 0.625. The molecule has 0 saturated carbocycles. The van der Waals surface area contributed by atoms with Crippen LogP contribution in [0.2, 0.25) is 0 Å². The maximum Gasteiger partial charge on any atom is 0.0610 e. The molecule has 0 aromatic carbocycles. The van der Waals surface area contributed by atoms with Crippen LogP contribution in [-0.2, 0) is 0 Å². The van der Waals surface area contributed by atoms with E-state index >= 15 is 0 Å². The van der Waals surface area contributed by atoms with Gasteiger partial charge in [-0.15, -0.1) is 0 Å². The van der Waals surface area contributed by atoms with Gasteiger partial charge in [-0.1, -0.05) is 0 Å². The van der Waals surface area contributed by atoms with E-state index in [4.69, 9.17) is 0 Å². The number of hydrogen-bond acceptors (Lipinski definition) is 5. The van der Waals surface area contributed by atoms with E-state index in [1.165, 1.54) is 19.6 Å². The van der Waals surface area contributed by atoms with Crippen molar-refractivity contribution in [3.05, 3.63) is 0 Å². The second-order valence-corrected chi connectivity index (χ2v) is 6.21. The van der Waals surface area contributed by atoms with Gasteiger partial charge in [-0.25, -0.2) is 0 Å². The zero-order valence-electron chi connectivity index (χ0n) is 13.2. The van der Waals surface area contributed by atoms with Crippen LogP contribution in [0.3, 0.4) is 0 Å². The molecule has 1 fully saturated rings. The largest absolute Gasteiger partial charge is 0.394 e. The molecule has 1 aliphatic rings. The van der Waals surface area contributed by atoms with Crippen molar-refractivity contribution in [1.82, 2.24) is 20.0 Å². The molecule has 114 valence electrons. The highest BCUT2D eigenvalue weighted by Gasteiger charge is 2.23. The summed E-state index contributed by atoms with van der Waals surface area (Å²) < 4.78 is 0. The van der Waals surface area contributed by atoms with Crippen LogP contribution in [0.25, 0.3) is 0 Å². The third kappa shape index (κ3) is 6.19. The third-order valence-electron chi connectivity index (χ3n) is 4.26. The first-order valence-corrected chi connectivity index (χ1v) is 7.38. The SMILES string of the molecule is CNC(C)(CO)CCN1CCN(CCN(C)C)CC1. The number of nitrogens with zero attached hydrogens (tertiary/aromatic N) is 3. The normalized spacial score (nSPS) is 21.8. The van der Waals surface area contributed by atoms with Crippen molar-refractivity contribution >= 4 is 0 Å². The molecule has 0 bridgehead atoms. The van der Waals surface area contributed by atoms with Gasteiger partial charge in [0.05, 0.1) is 6.61 Å². The molecule has 5 heteroatoms. The zero-order valence-corrected chi connectivity index (χ0v) is 13.2. The lowest BCUT2D eigenvalue weighted by molar-refractivity contribution is 0.105. The molecule has 1 heterocycles. The van der Waals surface area contributed by atoms with Crippen LogP contribution in [0, 0.1) is 0 Å². The van der Waals surface area contributed by atoms with Gasteiger partial charge in [-0.05, 0) is 34.5 Å². The number of piperazine rings is 1. The highest BCUT2D eigenvalue weighted by Crippen LogP contribution is 2.10. The van der Waals surface area contributed by atoms with Crippen LogP contribution in [0.4, 0.5) is 0 Å². The van der Waals surface area contributed by atoms with Crippen LogP contribution < -0.4 is 5.32 Å². The Morgan fingerprint density at radius 3 is 2.05 bits per heavy atom. The molecule has 2 N–H and O–H groups in total. The predicted molar refractivity (Wildman–Crippen MR) is 80.6 cm³/mol. The molecule has 1 unspecified atom stereocenters. The van der Waals surface area contributed by atoms with E-state index in [1.54, 1.807) is 0 Å². The summed E-state index contributed by atoms with van der Waals surface area (Å²) in [6.45, 7) is 10.3. The molecule has 5 nitrogen and oxygen atoms in total. The molecule has 0 spiro atoms. The summed E-state index contributed by atoms with van der Waals surface area (Å²) in [6, 6.07) is 0. The Balaban J connectivity index is 2.19. The highest BCUT2D eigenvalue weighted by molar-refractivity contribution is 4.83. The van der Waals surface area contributed by atoms with Gasteiger partial charge in [-0.3, -0.25) is 4.90 Å². The number of hydrogen-bond donors (Lipinski definition) is 2. The fraction of sp³-hybridized carbons (Fsp3) is 1.00. The molecule has 19 heavy (non-hydrogen) atoms. The Labute approximate surface area is 118 Å². The van der Waals surface area contributed by atoms with Crippen molar-refractivity contribution in [3.63, 3.8) is 0 Å². The topological polar surface area (TPSA) is 42.0 Å². The molecule has 0 amide bonds. The summed E-state index contributed by atoms with van der Waals surface area (Å²) in [6.07, 6.45) is 0.998. The lowest BCUT2D eigenvalue weighted by atomic mass is 9.99. The van der Waals surface area contributed by atoms with Crippen LogP contribution in [0.5, 0.6) is 0 Å². The van der Waals surface area contributed by atoms with Crippen molar-refractivity contribution in [2.24, 2.45) is 0 Å². The van der Waals surface area contributed by atoms with Gasteiger partial charge in [0.2, 0.25) is 0 Å². The lowest BCUT2D eigenvalue weighted by Crippen LogP contribution is -2.51. The first-order chi connectivity index (χ1) is 8.99. The van der Waals surface area contributed by atoms with Gasteiger partial charge >= 0.3 is 0 Å². The van der Waals surface area contributed by atoms with Gasteiger partial charge in [0.15, 0.2) is 0 Å². The molecule has 1 aliphatic heterocycles. The van der Waals surface area contributed by atoms with E-state index in [1.807, 2.05) is 7.05 Å². The molecule has 1 atom stereocenters. The number of aliphatic hydroxyl groups excluding tert-OH is 1. The van der Waals surface area contributed by atoms with Crippen molar-refractivity contribution in [3.8, 4) is 0 Å². The number of aliphatic hydroxyl groups is 1. The number of nitrogens with one attached hydrogen (secondary N) is 1. The monoisotopic (exact) mass is 272 g/mol. The Bertz CT molecular complexity index is 236. The molecular weight excluding hydrogens is 240 g/mol. The molecule has 0 radical (unpaired) electrons. The van der Waals surface area contributed by atoms with Gasteiger partial charge in [0, 0.05) is 51.4 Å². The fourth-order valence-electron chi connectivity index (χ4n) is 2.27. The van der Waals surface area contributed by atoms with Crippen LogP contribution >= 0.6 is 0 Å². The summed E-state index contributed by atoms with van der Waals surface area (Å²) in [4.78, 5) is 7.29. The van der Waals surface area contributed by atoms with Gasteiger partial charge in [0.25, 0.3) is 0 Å². The predicted octanol–water partition coefficient (Wildman–Crippen LogP) is -0.474. The average molecular weight is 272 g/mol. The molecule has 1 rings (SSSR count). The van der Waals surface area contributed by atoms with Crippen LogP contribution in [-0.4, -0.2) is 98.9 Å². The van der Waals surface area contributed by atoms with E-state index < -0.39 is 0 Å². The standard InChI is InChI=1S/C14H32N4O/c1-14(13-19,15-2)5-6-17-9-11-18(12-10-17)8-7-16(3)4/h15,19H,5-13H2,1-4H3. The number of likely N-dealkylation sites (N-methyl/N-ethyl adjacent to an activating group) is 2. The summed E-state index contributed by atoms with van der Waals surface area (Å²) in [5.41, 5.74) is -0.137. The summed E-state index contributed by atoms with van der Waals surface area (Å²) >= 11 is 0. The Kier molecular flexibility index (Phi) is 7.25. The minimum atomic E-state index is -0.137. The lowest BCUT2D eigenvalue weighted by Gasteiger charge is -2.37. The van der Waals surface area contributed by atoms with Crippen molar-refractivity contribution < 1.29 is 5.11 Å². The average Bonchev–Trinajstić information content (AvgIpc) is 2.43. The van der Waals surface area contributed by atoms with Gasteiger partial charge < -0.3 is 20.2 Å². The minimum absolute atomic E-state index is 0.137. The van der Waals surface area contributed by atoms with Crippen molar-refractivity contribution in [2.75, 3.05) is 73.6 Å². The Morgan fingerprint density at radius 2 is 1.63 bits per heavy atom. The maximum absolute atomic E-state index is 9.38. The van der Waals surface area contributed by atoms with Crippen molar-refractivity contribution in [2.45, 2.75) is 18.9 Å². The Hall–Kier alpha value is -0.200. The smallest absolute Gasteiger partial charge is 0.0610 e. The molecule has 0 aromatic heterocycles. The van der Waals surface area contributed by atoms with E-state index in [-0.39, 0.29) is 12.1 Å². The fourth-order valence-corrected chi connectivity index (χ4v) is 2.27. The van der Waals surface area contributed by atoms with E-state index in [9.17, 15) is 5.11 Å². The third-order valence-corrected chi connectivity index (χ3v) is 4.26. The van der Waals surface area contributed by atoms with Gasteiger partial charge in [-0.2, -0.15) is 0 Å². The van der Waals surface area contributed by atoms with Crippen molar-refractivity contribution in [1.29, 1.82) is 0 Å². The van der Waals surface area contributed by atoms with Crippen LogP contribution in [0.1, 0.15) is 13.3 Å². The first-order valence-electron chi connectivity index (χ1n) is 7.38. The minimum Gasteiger partial charge on any atom is -0.394 e. The summed E-state index contributed by atoms with van der Waals surface area (Å²) in [7, 11) is 6.18. The van der Waals surface area contributed by atoms with E-state index in [0.29, 0.717) is 0 Å². The van der Waals surface area contributed by atoms with E-state index in [2.05, 4.69) is 41.0 Å².